The highest BCUT2D eigenvalue weighted by Crippen LogP contribution is 2.44. The molecule has 0 amide bonds. The van der Waals surface area contributed by atoms with Gasteiger partial charge in [-0.1, -0.05) is 91.0 Å². The Morgan fingerprint density at radius 1 is 0.444 bits per heavy atom. The number of benzene rings is 8. The molecule has 0 N–H and O–H groups in total. The van der Waals surface area contributed by atoms with Crippen LogP contribution >= 0.6 is 0 Å². The van der Waals surface area contributed by atoms with Crippen molar-refractivity contribution in [2.24, 2.45) is 0 Å². The molecule has 0 spiro atoms. The smallest absolute Gasteiger partial charge is 0.434 e. The first-order valence-corrected chi connectivity index (χ1v) is 18.3. The second-order valence-electron chi connectivity index (χ2n) is 14.4. The summed E-state index contributed by atoms with van der Waals surface area (Å²) in [6.45, 7) is -0.336. The lowest BCUT2D eigenvalue weighted by Crippen LogP contribution is -2.53. The molecule has 3 aromatic heterocycles. The predicted octanol–water partition coefficient (Wildman–Crippen LogP) is 11.5. The summed E-state index contributed by atoms with van der Waals surface area (Å²) >= 11 is 0. The van der Waals surface area contributed by atoms with Crippen molar-refractivity contribution in [3.05, 3.63) is 158 Å². The van der Waals surface area contributed by atoms with Gasteiger partial charge in [-0.15, -0.1) is 0 Å². The second kappa shape index (κ2) is 10.2. The number of ether oxygens (including phenoxy) is 1. The number of fused-ring (bicyclic) bond motifs is 14. The minimum atomic E-state index is -0.336. The summed E-state index contributed by atoms with van der Waals surface area (Å²) in [6.07, 6.45) is 0. The van der Waals surface area contributed by atoms with Crippen molar-refractivity contribution in [3.8, 4) is 45.2 Å². The van der Waals surface area contributed by atoms with Crippen LogP contribution in [0.3, 0.4) is 0 Å². The monoisotopic (exact) mass is 691 g/mol. The van der Waals surface area contributed by atoms with Crippen LogP contribution in [0.4, 0.5) is 0 Å². The van der Waals surface area contributed by atoms with Crippen LogP contribution in [0.5, 0.6) is 17.2 Å². The maximum atomic E-state index is 6.89. The van der Waals surface area contributed by atoms with E-state index < -0.39 is 0 Å². The first-order valence-electron chi connectivity index (χ1n) is 18.3. The molecular weight excluding hydrogens is 665 g/mol. The van der Waals surface area contributed by atoms with Crippen LogP contribution in [-0.2, 0) is 0 Å². The van der Waals surface area contributed by atoms with Crippen LogP contribution < -0.4 is 20.3 Å². The van der Waals surface area contributed by atoms with Gasteiger partial charge in [0.25, 0.3) is 0 Å². The summed E-state index contributed by atoms with van der Waals surface area (Å²) in [5.74, 6) is 2.46. The first kappa shape index (κ1) is 28.4. The van der Waals surface area contributed by atoms with Gasteiger partial charge in [-0.2, -0.15) is 0 Å². The van der Waals surface area contributed by atoms with E-state index in [0.29, 0.717) is 0 Å². The topological polar surface area (TPSA) is 49.7 Å². The van der Waals surface area contributed by atoms with Crippen molar-refractivity contribution in [2.45, 2.75) is 0 Å². The third kappa shape index (κ3) is 3.73. The molecule has 0 saturated heterocycles. The summed E-state index contributed by atoms with van der Waals surface area (Å²) in [4.78, 5) is 0. The number of hydrogen-bond acceptors (Lipinski definition) is 4. The third-order valence-electron chi connectivity index (χ3n) is 11.5. The molecule has 2 aliphatic rings. The van der Waals surface area contributed by atoms with Gasteiger partial charge < -0.3 is 22.8 Å². The minimum Gasteiger partial charge on any atom is -0.551 e. The molecule has 5 heterocycles. The van der Waals surface area contributed by atoms with Crippen molar-refractivity contribution >= 4 is 83.5 Å². The molecule has 8 aromatic carbocycles. The molecule has 0 aliphatic carbocycles. The van der Waals surface area contributed by atoms with E-state index in [1.165, 1.54) is 10.8 Å². The molecule has 5 nitrogen and oxygen atoms in total. The Hall–Kier alpha value is -7.18. The van der Waals surface area contributed by atoms with Gasteiger partial charge in [-0.3, -0.25) is 0 Å². The Kier molecular flexibility index (Phi) is 5.39. The van der Waals surface area contributed by atoms with E-state index in [1.54, 1.807) is 0 Å². The highest BCUT2D eigenvalue weighted by atomic mass is 16.5. The fraction of sp³-hybridized carbons (Fsp3) is 0. The summed E-state index contributed by atoms with van der Waals surface area (Å²) < 4.78 is 28.9. The molecule has 11 aromatic rings. The van der Waals surface area contributed by atoms with E-state index in [1.807, 2.05) is 24.3 Å². The molecule has 250 valence electrons. The first-order chi connectivity index (χ1) is 26.7. The summed E-state index contributed by atoms with van der Waals surface area (Å²) in [5, 5.41) is 6.69. The summed E-state index contributed by atoms with van der Waals surface area (Å²) in [5.41, 5.74) is 13.1. The fourth-order valence-corrected chi connectivity index (χ4v) is 9.08. The van der Waals surface area contributed by atoms with Crippen LogP contribution in [0.25, 0.3) is 93.6 Å². The largest absolute Gasteiger partial charge is 0.551 e. The van der Waals surface area contributed by atoms with E-state index >= 15 is 0 Å². The van der Waals surface area contributed by atoms with Gasteiger partial charge in [0, 0.05) is 49.5 Å². The van der Waals surface area contributed by atoms with Crippen LogP contribution in [0.1, 0.15) is 0 Å². The van der Waals surface area contributed by atoms with Crippen molar-refractivity contribution in [1.82, 2.24) is 4.57 Å². The van der Waals surface area contributed by atoms with Gasteiger partial charge in [0.2, 0.25) is 0 Å². The van der Waals surface area contributed by atoms with E-state index in [9.17, 15) is 0 Å². The second-order valence-corrected chi connectivity index (χ2v) is 14.4. The van der Waals surface area contributed by atoms with Gasteiger partial charge in [-0.05, 0) is 77.4 Å². The van der Waals surface area contributed by atoms with Crippen molar-refractivity contribution in [3.63, 3.8) is 0 Å². The van der Waals surface area contributed by atoms with Crippen LogP contribution in [0, 0.1) is 0 Å². The quantitative estimate of drug-likeness (QED) is 0.169. The molecular formula is C48H26BNO4. The number of rotatable bonds is 2. The average molecular weight is 692 g/mol. The van der Waals surface area contributed by atoms with Crippen molar-refractivity contribution in [1.29, 1.82) is 0 Å². The standard InChI is InChI=1S/C48H26BNO4/c1-5-13-38-30(9-1)31-10-2-6-14-39(31)50(38)29-25-36-33-12-4-8-16-41(33)54-49-37-23-27(18-21-42(37)51-45(26-29)47(36)49)28-17-19-35-44(24-28)52-43-22-20-34-32-11-3-7-15-40(32)53-48(34)46(35)43/h1-26H. The van der Waals surface area contributed by atoms with Crippen LogP contribution in [-0.4, -0.2) is 11.5 Å². The Morgan fingerprint density at radius 2 is 1.17 bits per heavy atom. The number of para-hydroxylation sites is 4. The SMILES string of the molecule is c1ccc2c(c1)OB1c3cc(-c4ccc5c(c4)oc4ccc6c7ccccc7oc6c45)ccc3Oc3cc(-n4c5ccccc5c5ccccc54)cc-2c31. The van der Waals surface area contributed by atoms with Gasteiger partial charge >= 0.3 is 6.92 Å². The van der Waals surface area contributed by atoms with Gasteiger partial charge in [0.05, 0.1) is 22.1 Å². The maximum Gasteiger partial charge on any atom is 0.434 e. The Labute approximate surface area is 308 Å². The molecule has 0 bridgehead atoms. The Bertz CT molecular complexity index is 3370. The lowest BCUT2D eigenvalue weighted by atomic mass is 9.50. The molecule has 54 heavy (non-hydrogen) atoms. The van der Waals surface area contributed by atoms with Gasteiger partial charge in [-0.25, -0.2) is 0 Å². The molecule has 6 heteroatoms. The highest BCUT2D eigenvalue weighted by molar-refractivity contribution is 6.84. The molecule has 13 rings (SSSR count). The van der Waals surface area contributed by atoms with E-state index in [2.05, 4.69) is 138 Å². The molecule has 0 radical (unpaired) electrons. The molecule has 0 atom stereocenters. The third-order valence-corrected chi connectivity index (χ3v) is 11.5. The molecule has 0 unspecified atom stereocenters. The Balaban J connectivity index is 0.967. The van der Waals surface area contributed by atoms with Crippen LogP contribution in [0.2, 0.25) is 0 Å². The fourth-order valence-electron chi connectivity index (χ4n) is 9.08. The van der Waals surface area contributed by atoms with E-state index in [4.69, 9.17) is 18.2 Å². The number of hydrogen-bond donors (Lipinski definition) is 0. The zero-order valence-corrected chi connectivity index (χ0v) is 28.7. The summed E-state index contributed by atoms with van der Waals surface area (Å²) in [7, 11) is 0. The predicted molar refractivity (Wildman–Crippen MR) is 218 cm³/mol. The number of nitrogens with zero attached hydrogens (tertiary/aromatic N) is 1. The lowest BCUT2D eigenvalue weighted by Gasteiger charge is -2.33. The van der Waals surface area contributed by atoms with Crippen molar-refractivity contribution < 1.29 is 18.2 Å². The molecule has 0 fully saturated rings. The molecule has 0 saturated carbocycles. The van der Waals surface area contributed by atoms with E-state index in [0.717, 1.165) is 111 Å². The number of aromatic nitrogens is 1. The normalized spacial score (nSPS) is 13.1. The van der Waals surface area contributed by atoms with Crippen LogP contribution in [0.15, 0.2) is 167 Å². The lowest BCUT2D eigenvalue weighted by molar-refractivity contribution is 0.479. The van der Waals surface area contributed by atoms with Gasteiger partial charge in [0.15, 0.2) is 0 Å². The number of furan rings is 2. The van der Waals surface area contributed by atoms with Gasteiger partial charge in [0.1, 0.15) is 39.6 Å². The zero-order valence-electron chi connectivity index (χ0n) is 28.7. The molecule has 2 aliphatic heterocycles. The van der Waals surface area contributed by atoms with E-state index in [-0.39, 0.29) is 6.92 Å². The average Bonchev–Trinajstić information content (AvgIpc) is 3.90. The zero-order chi connectivity index (χ0) is 35.1. The highest BCUT2D eigenvalue weighted by Gasteiger charge is 2.41. The summed E-state index contributed by atoms with van der Waals surface area (Å²) in [6, 6.07) is 55.2. The maximum absolute atomic E-state index is 6.89. The minimum absolute atomic E-state index is 0.336. The Morgan fingerprint density at radius 3 is 2.04 bits per heavy atom. The van der Waals surface area contributed by atoms with Crippen molar-refractivity contribution in [2.75, 3.05) is 0 Å².